The van der Waals surface area contributed by atoms with Gasteiger partial charge in [-0.05, 0) is 37.2 Å². The summed E-state index contributed by atoms with van der Waals surface area (Å²) in [5.74, 6) is 2.30. The number of carbonyl (C=O) groups is 1. The molecule has 0 radical (unpaired) electrons. The molecule has 34 heavy (non-hydrogen) atoms. The van der Waals surface area contributed by atoms with Crippen molar-refractivity contribution in [3.63, 3.8) is 0 Å². The molecule has 0 aromatic carbocycles. The van der Waals surface area contributed by atoms with Gasteiger partial charge in [0.2, 0.25) is 0 Å². The van der Waals surface area contributed by atoms with Crippen molar-refractivity contribution in [2.24, 2.45) is 5.41 Å². The number of fused-ring (bicyclic) bond motifs is 1. The summed E-state index contributed by atoms with van der Waals surface area (Å²) in [6.45, 7) is 8.27. The number of likely N-dealkylation sites (tertiary alicyclic amines) is 1. The first-order valence-electron chi connectivity index (χ1n) is 12.3. The summed E-state index contributed by atoms with van der Waals surface area (Å²) in [5.41, 5.74) is 2.80. The first-order chi connectivity index (χ1) is 16.2. The molecule has 3 heterocycles. The van der Waals surface area contributed by atoms with Crippen LogP contribution in [0, 0.1) is 5.41 Å². The maximum atomic E-state index is 12.6. The van der Waals surface area contributed by atoms with E-state index in [4.69, 9.17) is 14.7 Å². The maximum absolute atomic E-state index is 12.6. The molecule has 1 fully saturated rings. The average molecular weight is 470 g/mol. The van der Waals surface area contributed by atoms with Crippen LogP contribution < -0.4 is 9.64 Å². The van der Waals surface area contributed by atoms with Gasteiger partial charge >= 0.3 is 0 Å². The molecule has 4 rings (SSSR count). The summed E-state index contributed by atoms with van der Waals surface area (Å²) >= 11 is 0. The Balaban J connectivity index is 1.53. The van der Waals surface area contributed by atoms with Crippen LogP contribution in [0.5, 0.6) is 5.75 Å². The molecule has 0 saturated carbocycles. The molecule has 0 bridgehead atoms. The van der Waals surface area contributed by atoms with Crippen molar-refractivity contribution >= 4 is 11.6 Å². The van der Waals surface area contributed by atoms with Crippen LogP contribution in [-0.2, 0) is 17.6 Å². The number of Topliss-reactive ketones (excluding diaryl/α,β-unsaturated/α-hetero) is 1. The molecule has 8 heteroatoms. The highest BCUT2D eigenvalue weighted by atomic mass is 19.1. The van der Waals surface area contributed by atoms with Crippen LogP contribution in [0.2, 0.25) is 0 Å². The molecule has 0 unspecified atom stereocenters. The van der Waals surface area contributed by atoms with E-state index in [1.165, 1.54) is 0 Å². The predicted molar refractivity (Wildman–Crippen MR) is 131 cm³/mol. The van der Waals surface area contributed by atoms with E-state index in [0.29, 0.717) is 31.0 Å². The molecule has 2 aromatic heterocycles. The molecule has 0 N–H and O–H groups in total. The van der Waals surface area contributed by atoms with Gasteiger partial charge in [0.05, 0.1) is 6.54 Å². The Kier molecular flexibility index (Phi) is 7.45. The number of hydrogen-bond donors (Lipinski definition) is 0. The quantitative estimate of drug-likeness (QED) is 0.552. The minimum atomic E-state index is -0.333. The molecule has 1 atom stereocenters. The van der Waals surface area contributed by atoms with Crippen LogP contribution in [0.4, 0.5) is 10.2 Å². The number of nitrogens with zero attached hydrogens (tertiary/aromatic N) is 5. The van der Waals surface area contributed by atoms with Crippen LogP contribution in [-0.4, -0.2) is 71.6 Å². The molecule has 0 amide bonds. The minimum Gasteiger partial charge on any atom is -0.489 e. The third kappa shape index (κ3) is 6.09. The SMILES string of the molecule is CN(CC(=O)CC(C)(C)C)c1nc(-c2cc(O[C@@H]3CCN(CCF)C3)ccn2)nc2c1CCC2. The van der Waals surface area contributed by atoms with Gasteiger partial charge in [-0.1, -0.05) is 20.8 Å². The van der Waals surface area contributed by atoms with E-state index < -0.39 is 0 Å². The molecule has 1 aliphatic heterocycles. The van der Waals surface area contributed by atoms with Gasteiger partial charge in [-0.3, -0.25) is 14.7 Å². The Morgan fingerprint density at radius 3 is 2.88 bits per heavy atom. The third-order valence-corrected chi connectivity index (χ3v) is 6.31. The van der Waals surface area contributed by atoms with Crippen molar-refractivity contribution in [3.8, 4) is 17.3 Å². The summed E-state index contributed by atoms with van der Waals surface area (Å²) in [4.78, 5) is 30.9. The number of rotatable bonds is 9. The highest BCUT2D eigenvalue weighted by Gasteiger charge is 2.26. The largest absolute Gasteiger partial charge is 0.489 e. The van der Waals surface area contributed by atoms with Crippen molar-refractivity contribution < 1.29 is 13.9 Å². The molecular formula is C26H36FN5O2. The minimum absolute atomic E-state index is 0.0384. The molecule has 2 aromatic rings. The molecule has 2 aliphatic rings. The summed E-state index contributed by atoms with van der Waals surface area (Å²) in [5, 5.41) is 0. The Morgan fingerprint density at radius 2 is 2.12 bits per heavy atom. The van der Waals surface area contributed by atoms with Crippen molar-refractivity contribution in [1.29, 1.82) is 0 Å². The van der Waals surface area contributed by atoms with Crippen molar-refractivity contribution in [3.05, 3.63) is 29.6 Å². The van der Waals surface area contributed by atoms with E-state index >= 15 is 0 Å². The lowest BCUT2D eigenvalue weighted by Crippen LogP contribution is -2.30. The number of likely N-dealkylation sites (N-methyl/N-ethyl adjacent to an activating group) is 1. The number of halogens is 1. The third-order valence-electron chi connectivity index (χ3n) is 6.31. The van der Waals surface area contributed by atoms with Gasteiger partial charge in [0.15, 0.2) is 11.6 Å². The zero-order valence-corrected chi connectivity index (χ0v) is 20.8. The number of ether oxygens (including phenoxy) is 1. The summed E-state index contributed by atoms with van der Waals surface area (Å²) in [6, 6.07) is 3.72. The Labute approximate surface area is 201 Å². The number of ketones is 1. The monoisotopic (exact) mass is 469 g/mol. The smallest absolute Gasteiger partial charge is 0.180 e. The zero-order valence-electron chi connectivity index (χ0n) is 20.8. The number of aromatic nitrogens is 3. The molecule has 1 saturated heterocycles. The number of alkyl halides is 1. The van der Waals surface area contributed by atoms with Crippen molar-refractivity contribution in [2.45, 2.75) is 59.0 Å². The topological polar surface area (TPSA) is 71.5 Å². The molecule has 0 spiro atoms. The fourth-order valence-corrected chi connectivity index (χ4v) is 4.84. The standard InChI is InChI=1S/C26H36FN5O2/c1-26(2,3)15-18(33)16-31(4)25-21-6-5-7-22(21)29-24(30-25)23-14-19(8-11-28-23)34-20-9-12-32(17-20)13-10-27/h8,11,14,20H,5-7,9-10,12-13,15-17H2,1-4H3/t20-/m1/s1. The van der Waals surface area contributed by atoms with Gasteiger partial charge in [0, 0.05) is 56.6 Å². The van der Waals surface area contributed by atoms with E-state index in [0.717, 1.165) is 61.6 Å². The van der Waals surface area contributed by atoms with Gasteiger partial charge in [-0.15, -0.1) is 0 Å². The van der Waals surface area contributed by atoms with Gasteiger partial charge < -0.3 is 9.64 Å². The zero-order chi connectivity index (χ0) is 24.3. The van der Waals surface area contributed by atoms with Crippen LogP contribution >= 0.6 is 0 Å². The van der Waals surface area contributed by atoms with E-state index in [2.05, 4.69) is 30.7 Å². The summed E-state index contributed by atoms with van der Waals surface area (Å²) in [6.07, 6.45) is 6.04. The highest BCUT2D eigenvalue weighted by Crippen LogP contribution is 2.32. The second-order valence-electron chi connectivity index (χ2n) is 10.7. The number of carbonyl (C=O) groups excluding carboxylic acids is 1. The predicted octanol–water partition coefficient (Wildman–Crippen LogP) is 3.89. The summed E-state index contributed by atoms with van der Waals surface area (Å²) in [7, 11) is 1.93. The number of aryl methyl sites for hydroxylation is 1. The number of hydrogen-bond acceptors (Lipinski definition) is 7. The van der Waals surface area contributed by atoms with Crippen LogP contribution in [0.1, 0.15) is 51.3 Å². The van der Waals surface area contributed by atoms with E-state index in [1.54, 1.807) is 6.20 Å². The van der Waals surface area contributed by atoms with E-state index in [-0.39, 0.29) is 24.0 Å². The lowest BCUT2D eigenvalue weighted by Gasteiger charge is -2.23. The maximum Gasteiger partial charge on any atom is 0.180 e. The second kappa shape index (κ2) is 10.3. The Bertz CT molecular complexity index is 1020. The number of anilines is 1. The lowest BCUT2D eigenvalue weighted by molar-refractivity contribution is -0.119. The number of pyridine rings is 1. The molecule has 184 valence electrons. The fourth-order valence-electron chi connectivity index (χ4n) is 4.84. The average Bonchev–Trinajstić information content (AvgIpc) is 3.41. The Morgan fingerprint density at radius 1 is 1.29 bits per heavy atom. The van der Waals surface area contributed by atoms with Crippen LogP contribution in [0.3, 0.4) is 0 Å². The highest BCUT2D eigenvalue weighted by molar-refractivity contribution is 5.84. The van der Waals surface area contributed by atoms with Gasteiger partial charge in [0.1, 0.15) is 30.0 Å². The fraction of sp³-hybridized carbons (Fsp3) is 0.615. The van der Waals surface area contributed by atoms with Crippen molar-refractivity contribution in [2.75, 3.05) is 44.8 Å². The normalized spacial score (nSPS) is 18.2. The summed E-state index contributed by atoms with van der Waals surface area (Å²) < 4.78 is 18.8. The first kappa shape index (κ1) is 24.5. The van der Waals surface area contributed by atoms with Gasteiger partial charge in [-0.2, -0.15) is 0 Å². The Hall–Kier alpha value is -2.61. The van der Waals surface area contributed by atoms with Crippen LogP contribution in [0.25, 0.3) is 11.5 Å². The second-order valence-corrected chi connectivity index (χ2v) is 10.7. The van der Waals surface area contributed by atoms with Gasteiger partial charge in [-0.25, -0.2) is 14.4 Å². The van der Waals surface area contributed by atoms with Gasteiger partial charge in [0.25, 0.3) is 0 Å². The lowest BCUT2D eigenvalue weighted by atomic mass is 9.90. The van der Waals surface area contributed by atoms with Crippen LogP contribution in [0.15, 0.2) is 18.3 Å². The van der Waals surface area contributed by atoms with Crippen molar-refractivity contribution in [1.82, 2.24) is 19.9 Å². The molecular weight excluding hydrogens is 433 g/mol. The first-order valence-corrected chi connectivity index (χ1v) is 12.3. The molecule has 7 nitrogen and oxygen atoms in total. The van der Waals surface area contributed by atoms with E-state index in [1.807, 2.05) is 24.1 Å². The molecule has 1 aliphatic carbocycles. The van der Waals surface area contributed by atoms with E-state index in [9.17, 15) is 9.18 Å².